The maximum absolute atomic E-state index is 6.39. The molecule has 0 aromatic heterocycles. The molecule has 0 radical (unpaired) electrons. The second-order valence-electron chi connectivity index (χ2n) is 6.72. The van der Waals surface area contributed by atoms with E-state index in [4.69, 9.17) is 4.74 Å². The predicted molar refractivity (Wildman–Crippen MR) is 90.0 cm³/mol. The molecule has 0 fully saturated rings. The molecule has 1 heterocycles. The Kier molecular flexibility index (Phi) is 5.69. The highest BCUT2D eigenvalue weighted by molar-refractivity contribution is 5.41. The molecule has 0 amide bonds. The molecule has 0 aliphatic carbocycles. The van der Waals surface area contributed by atoms with Gasteiger partial charge in [0.2, 0.25) is 0 Å². The summed E-state index contributed by atoms with van der Waals surface area (Å²) >= 11 is 0. The van der Waals surface area contributed by atoms with Crippen LogP contribution in [0.1, 0.15) is 76.5 Å². The molecule has 1 N–H and O–H groups in total. The van der Waals surface area contributed by atoms with E-state index in [9.17, 15) is 0 Å². The van der Waals surface area contributed by atoms with Crippen molar-refractivity contribution in [2.45, 2.75) is 77.9 Å². The number of hydrogen-bond acceptors (Lipinski definition) is 2. The fraction of sp³-hybridized carbons (Fsp3) is 0.684. The lowest BCUT2D eigenvalue weighted by Crippen LogP contribution is -2.41. The summed E-state index contributed by atoms with van der Waals surface area (Å²) in [6.45, 7) is 9.89. The highest BCUT2D eigenvalue weighted by Crippen LogP contribution is 2.42. The molecule has 1 aliphatic heterocycles. The Morgan fingerprint density at radius 3 is 2.76 bits per heavy atom. The molecule has 21 heavy (non-hydrogen) atoms. The smallest absolute Gasteiger partial charge is 0.124 e. The van der Waals surface area contributed by atoms with E-state index in [-0.39, 0.29) is 5.60 Å². The van der Waals surface area contributed by atoms with Crippen LogP contribution in [-0.2, 0) is 0 Å². The van der Waals surface area contributed by atoms with Gasteiger partial charge in [0.05, 0.1) is 0 Å². The van der Waals surface area contributed by atoms with E-state index in [1.54, 1.807) is 0 Å². The van der Waals surface area contributed by atoms with E-state index >= 15 is 0 Å². The first-order valence-electron chi connectivity index (χ1n) is 8.61. The molecule has 0 spiro atoms. The number of ether oxygens (including phenoxy) is 1. The van der Waals surface area contributed by atoms with Crippen LogP contribution in [0.5, 0.6) is 5.75 Å². The average molecular weight is 289 g/mol. The van der Waals surface area contributed by atoms with Crippen molar-refractivity contribution < 1.29 is 4.74 Å². The molecule has 2 nitrogen and oxygen atoms in total. The van der Waals surface area contributed by atoms with Crippen molar-refractivity contribution in [3.05, 3.63) is 29.3 Å². The van der Waals surface area contributed by atoms with E-state index in [2.05, 4.69) is 51.2 Å². The largest absolute Gasteiger partial charge is 0.487 e. The van der Waals surface area contributed by atoms with Crippen molar-refractivity contribution in [2.24, 2.45) is 0 Å². The fourth-order valence-electron chi connectivity index (χ4n) is 3.39. The monoisotopic (exact) mass is 289 g/mol. The molecule has 1 aliphatic rings. The van der Waals surface area contributed by atoms with Crippen molar-refractivity contribution in [1.82, 2.24) is 5.32 Å². The summed E-state index contributed by atoms with van der Waals surface area (Å²) in [5.41, 5.74) is 2.62. The van der Waals surface area contributed by atoms with Gasteiger partial charge in [-0.3, -0.25) is 0 Å². The summed E-state index contributed by atoms with van der Waals surface area (Å²) in [6, 6.07) is 7.01. The van der Waals surface area contributed by atoms with Crippen LogP contribution in [0.15, 0.2) is 18.2 Å². The molecule has 0 saturated heterocycles. The van der Waals surface area contributed by atoms with Crippen LogP contribution in [0, 0.1) is 6.92 Å². The van der Waals surface area contributed by atoms with Crippen molar-refractivity contribution in [1.29, 1.82) is 0 Å². The van der Waals surface area contributed by atoms with Crippen LogP contribution in [-0.4, -0.2) is 12.1 Å². The van der Waals surface area contributed by atoms with Gasteiger partial charge < -0.3 is 10.1 Å². The van der Waals surface area contributed by atoms with Gasteiger partial charge in [-0.25, -0.2) is 0 Å². The summed E-state index contributed by atoms with van der Waals surface area (Å²) in [4.78, 5) is 0. The van der Waals surface area contributed by atoms with E-state index in [1.165, 1.54) is 36.8 Å². The molecule has 2 atom stereocenters. The molecule has 2 rings (SSSR count). The SMILES string of the molecule is CCCCCCC1(C)CC(NCC)c2cc(C)ccc2O1. The van der Waals surface area contributed by atoms with Gasteiger partial charge in [0.1, 0.15) is 11.4 Å². The predicted octanol–water partition coefficient (Wildman–Crippen LogP) is 5.16. The Morgan fingerprint density at radius 2 is 2.05 bits per heavy atom. The van der Waals surface area contributed by atoms with Crippen LogP contribution < -0.4 is 10.1 Å². The van der Waals surface area contributed by atoms with E-state index in [0.29, 0.717) is 6.04 Å². The third-order valence-electron chi connectivity index (χ3n) is 4.54. The number of fused-ring (bicyclic) bond motifs is 1. The topological polar surface area (TPSA) is 21.3 Å². The summed E-state index contributed by atoms with van der Waals surface area (Å²) in [7, 11) is 0. The molecule has 2 unspecified atom stereocenters. The first-order valence-corrected chi connectivity index (χ1v) is 8.61. The van der Waals surface area contributed by atoms with Crippen molar-refractivity contribution in [3.63, 3.8) is 0 Å². The van der Waals surface area contributed by atoms with Gasteiger partial charge in [-0.15, -0.1) is 0 Å². The standard InChI is InChI=1S/C19H31NO/c1-5-7-8-9-12-19(4)14-17(20-6-2)16-13-15(3)10-11-18(16)21-19/h10-11,13,17,20H,5-9,12,14H2,1-4H3. The molecule has 1 aromatic rings. The minimum absolute atomic E-state index is 0.0250. The zero-order chi connectivity index (χ0) is 15.3. The minimum Gasteiger partial charge on any atom is -0.487 e. The molecule has 118 valence electrons. The first-order chi connectivity index (χ1) is 10.1. The first kappa shape index (κ1) is 16.4. The number of benzene rings is 1. The summed E-state index contributed by atoms with van der Waals surface area (Å²) in [5, 5.41) is 3.64. The van der Waals surface area contributed by atoms with E-state index < -0.39 is 0 Å². The van der Waals surface area contributed by atoms with Gasteiger partial charge in [0.15, 0.2) is 0 Å². The van der Waals surface area contributed by atoms with Crippen molar-refractivity contribution in [2.75, 3.05) is 6.54 Å². The lowest BCUT2D eigenvalue weighted by Gasteiger charge is -2.40. The summed E-state index contributed by atoms with van der Waals surface area (Å²) in [6.07, 6.45) is 7.44. The van der Waals surface area contributed by atoms with Gasteiger partial charge in [0.25, 0.3) is 0 Å². The molecular formula is C19H31NO. The molecule has 0 saturated carbocycles. The average Bonchev–Trinajstić information content (AvgIpc) is 2.45. The van der Waals surface area contributed by atoms with Gasteiger partial charge in [0, 0.05) is 18.0 Å². The van der Waals surface area contributed by atoms with Crippen molar-refractivity contribution in [3.8, 4) is 5.75 Å². The van der Waals surface area contributed by atoms with Gasteiger partial charge in [-0.2, -0.15) is 0 Å². The maximum Gasteiger partial charge on any atom is 0.124 e. The lowest BCUT2D eigenvalue weighted by atomic mass is 9.84. The number of nitrogens with one attached hydrogen (secondary N) is 1. The molecule has 2 heteroatoms. The zero-order valence-corrected chi connectivity index (χ0v) is 14.2. The highest BCUT2D eigenvalue weighted by atomic mass is 16.5. The Morgan fingerprint density at radius 1 is 1.24 bits per heavy atom. The fourth-order valence-corrected chi connectivity index (χ4v) is 3.39. The third kappa shape index (κ3) is 4.23. The van der Waals surface area contributed by atoms with Crippen molar-refractivity contribution >= 4 is 0 Å². The number of rotatable bonds is 7. The van der Waals surface area contributed by atoms with Crippen LogP contribution >= 0.6 is 0 Å². The minimum atomic E-state index is -0.0250. The Labute approximate surface area is 130 Å². The second kappa shape index (κ2) is 7.31. The Balaban J connectivity index is 2.11. The molecular weight excluding hydrogens is 258 g/mol. The zero-order valence-electron chi connectivity index (χ0n) is 14.2. The van der Waals surface area contributed by atoms with E-state index in [1.807, 2.05) is 0 Å². The second-order valence-corrected chi connectivity index (χ2v) is 6.72. The number of aryl methyl sites for hydroxylation is 1. The quantitative estimate of drug-likeness (QED) is 0.700. The van der Waals surface area contributed by atoms with Gasteiger partial charge >= 0.3 is 0 Å². The third-order valence-corrected chi connectivity index (χ3v) is 4.54. The molecule has 1 aromatic carbocycles. The van der Waals surface area contributed by atoms with E-state index in [0.717, 1.165) is 25.1 Å². The summed E-state index contributed by atoms with van der Waals surface area (Å²) < 4.78 is 6.39. The normalized spacial score (nSPS) is 24.5. The van der Waals surface area contributed by atoms with Crippen LogP contribution in [0.2, 0.25) is 0 Å². The van der Waals surface area contributed by atoms with Gasteiger partial charge in [-0.1, -0.05) is 50.8 Å². The lowest BCUT2D eigenvalue weighted by molar-refractivity contribution is 0.0375. The highest BCUT2D eigenvalue weighted by Gasteiger charge is 2.36. The number of hydrogen-bond donors (Lipinski definition) is 1. The maximum atomic E-state index is 6.39. The Bertz CT molecular complexity index is 457. The molecule has 0 bridgehead atoms. The van der Waals surface area contributed by atoms with Crippen LogP contribution in [0.25, 0.3) is 0 Å². The summed E-state index contributed by atoms with van der Waals surface area (Å²) in [5.74, 6) is 1.08. The van der Waals surface area contributed by atoms with Crippen LogP contribution in [0.4, 0.5) is 0 Å². The van der Waals surface area contributed by atoms with Crippen LogP contribution in [0.3, 0.4) is 0 Å². The Hall–Kier alpha value is -1.02. The number of unbranched alkanes of at least 4 members (excludes halogenated alkanes) is 3. The van der Waals surface area contributed by atoms with Gasteiger partial charge in [-0.05, 0) is 39.3 Å².